The predicted molar refractivity (Wildman–Crippen MR) is 104 cm³/mol. The first-order valence-electron chi connectivity index (χ1n) is 8.89. The van der Waals surface area contributed by atoms with Gasteiger partial charge in [0.15, 0.2) is 0 Å². The summed E-state index contributed by atoms with van der Waals surface area (Å²) in [6.07, 6.45) is 1.57. The summed E-state index contributed by atoms with van der Waals surface area (Å²) in [5.41, 5.74) is 2.02. The number of aromatic nitrogens is 1. The van der Waals surface area contributed by atoms with Crippen molar-refractivity contribution in [2.24, 2.45) is 0 Å². The van der Waals surface area contributed by atoms with Gasteiger partial charge in [-0.05, 0) is 25.5 Å². The smallest absolute Gasteiger partial charge is 0.340 e. The summed E-state index contributed by atoms with van der Waals surface area (Å²) in [5.74, 6) is -1.25. The van der Waals surface area contributed by atoms with Crippen LogP contribution >= 0.6 is 0 Å². The van der Waals surface area contributed by atoms with Crippen LogP contribution in [0.1, 0.15) is 37.7 Å². The second kappa shape index (κ2) is 9.85. The van der Waals surface area contributed by atoms with Crippen molar-refractivity contribution in [2.45, 2.75) is 20.4 Å². The number of carbonyl (C=O) groups is 2. The van der Waals surface area contributed by atoms with Gasteiger partial charge in [0.1, 0.15) is 18.1 Å². The minimum atomic E-state index is -0.522. The summed E-state index contributed by atoms with van der Waals surface area (Å²) >= 11 is 0. The van der Waals surface area contributed by atoms with Crippen LogP contribution in [0.4, 0.5) is 4.39 Å². The Morgan fingerprint density at radius 3 is 2.61 bits per heavy atom. The number of hydrogen-bond acceptors (Lipinski definition) is 4. The van der Waals surface area contributed by atoms with Crippen LogP contribution in [0.5, 0.6) is 0 Å². The molecule has 0 spiro atoms. The SMILES string of the molecule is C=CCN(Cc1ccccc1F)C(=O)c1[nH]c(C)c(C(=O)OCCOC)c1C. The van der Waals surface area contributed by atoms with E-state index >= 15 is 0 Å². The molecule has 28 heavy (non-hydrogen) atoms. The number of ether oxygens (including phenoxy) is 2. The van der Waals surface area contributed by atoms with Crippen molar-refractivity contribution in [2.75, 3.05) is 26.9 Å². The highest BCUT2D eigenvalue weighted by atomic mass is 19.1. The van der Waals surface area contributed by atoms with E-state index in [1.807, 2.05) is 0 Å². The van der Waals surface area contributed by atoms with Crippen LogP contribution < -0.4 is 0 Å². The summed E-state index contributed by atoms with van der Waals surface area (Å²) in [7, 11) is 1.52. The Morgan fingerprint density at radius 1 is 1.25 bits per heavy atom. The zero-order valence-electron chi connectivity index (χ0n) is 16.4. The van der Waals surface area contributed by atoms with Crippen LogP contribution in [0.3, 0.4) is 0 Å². The number of hydrogen-bond donors (Lipinski definition) is 1. The molecule has 7 heteroatoms. The molecule has 6 nitrogen and oxygen atoms in total. The predicted octanol–water partition coefficient (Wildman–Crippen LogP) is 3.40. The quantitative estimate of drug-likeness (QED) is 0.406. The molecule has 0 fully saturated rings. The van der Waals surface area contributed by atoms with Crippen LogP contribution in [-0.4, -0.2) is 48.6 Å². The molecule has 2 rings (SSSR count). The zero-order valence-corrected chi connectivity index (χ0v) is 16.4. The van der Waals surface area contributed by atoms with E-state index in [2.05, 4.69) is 11.6 Å². The molecule has 0 saturated heterocycles. The topological polar surface area (TPSA) is 71.6 Å². The number of nitrogens with one attached hydrogen (secondary N) is 1. The number of amides is 1. The summed E-state index contributed by atoms with van der Waals surface area (Å²) in [6.45, 7) is 7.78. The maximum Gasteiger partial charge on any atom is 0.340 e. The fourth-order valence-corrected chi connectivity index (χ4v) is 2.93. The van der Waals surface area contributed by atoms with E-state index in [4.69, 9.17) is 9.47 Å². The Kier molecular flexibility index (Phi) is 7.52. The van der Waals surface area contributed by atoms with E-state index in [1.54, 1.807) is 38.1 Å². The van der Waals surface area contributed by atoms with Gasteiger partial charge in [0.05, 0.1) is 12.2 Å². The highest BCUT2D eigenvalue weighted by Crippen LogP contribution is 2.22. The van der Waals surface area contributed by atoms with Crippen molar-refractivity contribution in [1.82, 2.24) is 9.88 Å². The van der Waals surface area contributed by atoms with E-state index in [0.29, 0.717) is 22.4 Å². The molecule has 0 atom stereocenters. The Labute approximate surface area is 163 Å². The van der Waals surface area contributed by atoms with Gasteiger partial charge in [-0.3, -0.25) is 4.79 Å². The number of esters is 1. The lowest BCUT2D eigenvalue weighted by molar-refractivity contribution is 0.0387. The van der Waals surface area contributed by atoms with Gasteiger partial charge in [-0.2, -0.15) is 0 Å². The maximum absolute atomic E-state index is 14.0. The Hall–Kier alpha value is -2.93. The number of H-pyrrole nitrogens is 1. The van der Waals surface area contributed by atoms with Crippen molar-refractivity contribution in [1.29, 1.82) is 0 Å². The number of aryl methyl sites for hydroxylation is 1. The van der Waals surface area contributed by atoms with Gasteiger partial charge < -0.3 is 19.4 Å². The van der Waals surface area contributed by atoms with E-state index in [9.17, 15) is 14.0 Å². The number of nitrogens with zero attached hydrogens (tertiary/aromatic N) is 1. The molecule has 0 unspecified atom stereocenters. The fraction of sp³-hybridized carbons (Fsp3) is 0.333. The maximum atomic E-state index is 14.0. The number of benzene rings is 1. The molecule has 0 aliphatic carbocycles. The first-order chi connectivity index (χ1) is 13.4. The van der Waals surface area contributed by atoms with Crippen LogP contribution in [-0.2, 0) is 16.0 Å². The van der Waals surface area contributed by atoms with Crippen LogP contribution in [0.2, 0.25) is 0 Å². The molecule has 1 N–H and O–H groups in total. The third-order valence-corrected chi connectivity index (χ3v) is 4.33. The van der Waals surface area contributed by atoms with Crippen LogP contribution in [0.15, 0.2) is 36.9 Å². The molecule has 0 aliphatic rings. The van der Waals surface area contributed by atoms with Gasteiger partial charge in [0.25, 0.3) is 5.91 Å². The van der Waals surface area contributed by atoms with Gasteiger partial charge in [0, 0.05) is 31.5 Å². The molecule has 0 aliphatic heterocycles. The highest BCUT2D eigenvalue weighted by Gasteiger charge is 2.26. The number of methoxy groups -OCH3 is 1. The first kappa shape index (κ1) is 21.4. The summed E-state index contributed by atoms with van der Waals surface area (Å²) in [5, 5.41) is 0. The lowest BCUT2D eigenvalue weighted by Crippen LogP contribution is -2.31. The van der Waals surface area contributed by atoms with E-state index in [0.717, 1.165) is 0 Å². The van der Waals surface area contributed by atoms with Crippen molar-refractivity contribution in [3.05, 3.63) is 70.8 Å². The lowest BCUT2D eigenvalue weighted by atomic mass is 10.1. The minimum Gasteiger partial charge on any atom is -0.460 e. The van der Waals surface area contributed by atoms with Crippen molar-refractivity contribution < 1.29 is 23.5 Å². The third kappa shape index (κ3) is 4.86. The van der Waals surface area contributed by atoms with Crippen LogP contribution in [0.25, 0.3) is 0 Å². The molecule has 0 saturated carbocycles. The molecule has 150 valence electrons. The second-order valence-electron chi connectivity index (χ2n) is 6.32. The number of aromatic amines is 1. The molecule has 1 aromatic heterocycles. The molecule has 1 heterocycles. The minimum absolute atomic E-state index is 0.0860. The molecule has 0 radical (unpaired) electrons. The lowest BCUT2D eigenvalue weighted by Gasteiger charge is -2.21. The second-order valence-corrected chi connectivity index (χ2v) is 6.32. The molecule has 1 aromatic carbocycles. The standard InChI is InChI=1S/C21H25FN2O4/c1-5-10-24(13-16-8-6-7-9-17(16)22)20(25)19-14(2)18(15(3)23-19)21(26)28-12-11-27-4/h5-9,23H,1,10-13H2,2-4H3. The molecular formula is C21H25FN2O4. The van der Waals surface area contributed by atoms with E-state index in [-0.39, 0.29) is 43.7 Å². The van der Waals surface area contributed by atoms with Crippen LogP contribution in [0, 0.1) is 19.7 Å². The number of carbonyl (C=O) groups excluding carboxylic acids is 2. The molecule has 1 amide bonds. The molecular weight excluding hydrogens is 363 g/mol. The van der Waals surface area contributed by atoms with Crippen molar-refractivity contribution >= 4 is 11.9 Å². The third-order valence-electron chi connectivity index (χ3n) is 4.33. The van der Waals surface area contributed by atoms with E-state index < -0.39 is 5.97 Å². The average Bonchev–Trinajstić information content (AvgIpc) is 2.97. The largest absolute Gasteiger partial charge is 0.460 e. The average molecular weight is 388 g/mol. The Morgan fingerprint density at radius 2 is 1.96 bits per heavy atom. The Bertz CT molecular complexity index is 860. The fourth-order valence-electron chi connectivity index (χ4n) is 2.93. The summed E-state index contributed by atoms with van der Waals surface area (Å²) in [6, 6.07) is 6.29. The van der Waals surface area contributed by atoms with E-state index in [1.165, 1.54) is 18.1 Å². The highest BCUT2D eigenvalue weighted by molar-refractivity contribution is 6.00. The van der Waals surface area contributed by atoms with Crippen molar-refractivity contribution in [3.63, 3.8) is 0 Å². The normalized spacial score (nSPS) is 10.6. The number of halogens is 1. The van der Waals surface area contributed by atoms with Gasteiger partial charge in [0.2, 0.25) is 0 Å². The van der Waals surface area contributed by atoms with Crippen molar-refractivity contribution in [3.8, 4) is 0 Å². The summed E-state index contributed by atoms with van der Waals surface area (Å²) in [4.78, 5) is 29.8. The van der Waals surface area contributed by atoms with Gasteiger partial charge >= 0.3 is 5.97 Å². The van der Waals surface area contributed by atoms with Gasteiger partial charge in [-0.25, -0.2) is 9.18 Å². The van der Waals surface area contributed by atoms with Gasteiger partial charge in [-0.15, -0.1) is 6.58 Å². The summed E-state index contributed by atoms with van der Waals surface area (Å²) < 4.78 is 24.1. The monoisotopic (exact) mass is 388 g/mol. The Balaban J connectivity index is 2.27. The zero-order chi connectivity index (χ0) is 20.7. The number of rotatable bonds is 9. The van der Waals surface area contributed by atoms with Gasteiger partial charge in [-0.1, -0.05) is 24.3 Å². The first-order valence-corrected chi connectivity index (χ1v) is 8.89. The molecule has 2 aromatic rings. The molecule has 0 bridgehead atoms.